The summed E-state index contributed by atoms with van der Waals surface area (Å²) in [6, 6.07) is 7.80. The zero-order valence-corrected chi connectivity index (χ0v) is 14.7. The van der Waals surface area contributed by atoms with Gasteiger partial charge in [-0.25, -0.2) is 0 Å². The highest BCUT2D eigenvalue weighted by atomic mass is 127. The van der Waals surface area contributed by atoms with Crippen molar-refractivity contribution in [3.05, 3.63) is 34.9 Å². The van der Waals surface area contributed by atoms with E-state index in [1.165, 1.54) is 0 Å². The maximum absolute atomic E-state index is 5.95. The van der Waals surface area contributed by atoms with E-state index in [0.717, 1.165) is 42.5 Å². The van der Waals surface area contributed by atoms with Crippen molar-refractivity contribution in [1.29, 1.82) is 0 Å². The summed E-state index contributed by atoms with van der Waals surface area (Å²) in [6.45, 7) is 2.38. The van der Waals surface area contributed by atoms with E-state index in [-0.39, 0.29) is 24.0 Å². The van der Waals surface area contributed by atoms with Gasteiger partial charge >= 0.3 is 0 Å². The van der Waals surface area contributed by atoms with E-state index >= 15 is 0 Å². The summed E-state index contributed by atoms with van der Waals surface area (Å²) in [5.41, 5.74) is 1.13. The second-order valence-corrected chi connectivity index (χ2v) is 5.01. The van der Waals surface area contributed by atoms with Crippen molar-refractivity contribution in [2.24, 2.45) is 4.99 Å². The Bertz CT molecular complexity index is 436. The summed E-state index contributed by atoms with van der Waals surface area (Å²) in [5.74, 6) is 0.787. The smallest absolute Gasteiger partial charge is 0.191 e. The quantitative estimate of drug-likeness (QED) is 0.457. The highest BCUT2D eigenvalue weighted by Gasteiger charge is 2.15. The van der Waals surface area contributed by atoms with Crippen molar-refractivity contribution >= 4 is 41.5 Å². The Morgan fingerprint density at radius 1 is 1.45 bits per heavy atom. The molecule has 6 heteroatoms. The molecule has 4 nitrogen and oxygen atoms in total. The van der Waals surface area contributed by atoms with E-state index in [0.29, 0.717) is 12.6 Å². The summed E-state index contributed by atoms with van der Waals surface area (Å²) in [5, 5.41) is 7.29. The molecule has 0 spiro atoms. The molecule has 1 saturated heterocycles. The molecule has 0 bridgehead atoms. The first kappa shape index (κ1) is 17.5. The molecule has 0 amide bonds. The SMILES string of the molecule is CN=C(NCc1cccc(Cl)c1)NCC1CCCO1.I. The Morgan fingerprint density at radius 3 is 2.95 bits per heavy atom. The van der Waals surface area contributed by atoms with Crippen LogP contribution in [0.1, 0.15) is 18.4 Å². The Morgan fingerprint density at radius 2 is 2.30 bits per heavy atom. The predicted octanol–water partition coefficient (Wildman–Crippen LogP) is 2.80. The maximum Gasteiger partial charge on any atom is 0.191 e. The predicted molar refractivity (Wildman–Crippen MR) is 94.0 cm³/mol. The summed E-state index contributed by atoms with van der Waals surface area (Å²) < 4.78 is 5.56. The van der Waals surface area contributed by atoms with E-state index < -0.39 is 0 Å². The van der Waals surface area contributed by atoms with Gasteiger partial charge in [-0.15, -0.1) is 24.0 Å². The van der Waals surface area contributed by atoms with E-state index in [1.807, 2.05) is 24.3 Å². The lowest BCUT2D eigenvalue weighted by atomic mass is 10.2. The van der Waals surface area contributed by atoms with Gasteiger partial charge in [0.05, 0.1) is 6.10 Å². The van der Waals surface area contributed by atoms with Crippen LogP contribution >= 0.6 is 35.6 Å². The highest BCUT2D eigenvalue weighted by molar-refractivity contribution is 14.0. The minimum Gasteiger partial charge on any atom is -0.376 e. The lowest BCUT2D eigenvalue weighted by Crippen LogP contribution is -2.40. The average molecular weight is 410 g/mol. The largest absolute Gasteiger partial charge is 0.376 e. The first-order valence-corrected chi connectivity index (χ1v) is 6.96. The molecule has 0 radical (unpaired) electrons. The Balaban J connectivity index is 0.00000200. The molecule has 0 aromatic heterocycles. The Kier molecular flexibility index (Phi) is 8.25. The minimum atomic E-state index is 0. The first-order valence-electron chi connectivity index (χ1n) is 6.58. The number of nitrogens with one attached hydrogen (secondary N) is 2. The number of ether oxygens (including phenoxy) is 1. The third-order valence-electron chi connectivity index (χ3n) is 3.09. The molecule has 1 aromatic rings. The number of aliphatic imine (C=N–C) groups is 1. The minimum absolute atomic E-state index is 0. The van der Waals surface area contributed by atoms with Gasteiger partial charge in [-0.1, -0.05) is 23.7 Å². The van der Waals surface area contributed by atoms with Crippen LogP contribution in [0.2, 0.25) is 5.02 Å². The van der Waals surface area contributed by atoms with Gasteiger partial charge < -0.3 is 15.4 Å². The molecule has 1 aliphatic heterocycles. The number of hydrogen-bond acceptors (Lipinski definition) is 2. The van der Waals surface area contributed by atoms with Crippen molar-refractivity contribution in [2.75, 3.05) is 20.2 Å². The van der Waals surface area contributed by atoms with Crippen molar-refractivity contribution in [1.82, 2.24) is 10.6 Å². The number of guanidine groups is 1. The van der Waals surface area contributed by atoms with Crippen molar-refractivity contribution < 1.29 is 4.74 Å². The standard InChI is InChI=1S/C14H20ClN3O.HI/c1-16-14(18-10-13-6-3-7-19-13)17-9-11-4-2-5-12(15)8-11;/h2,4-5,8,13H,3,6-7,9-10H2,1H3,(H2,16,17,18);1H. The van der Waals surface area contributed by atoms with Crippen LogP contribution in [0, 0.1) is 0 Å². The van der Waals surface area contributed by atoms with Crippen LogP contribution in [0.25, 0.3) is 0 Å². The molecular weight excluding hydrogens is 389 g/mol. The van der Waals surface area contributed by atoms with Gasteiger partial charge in [0.25, 0.3) is 0 Å². The maximum atomic E-state index is 5.95. The molecular formula is C14H21ClIN3O. The summed E-state index contributed by atoms with van der Waals surface area (Å²) in [4.78, 5) is 4.19. The van der Waals surface area contributed by atoms with Gasteiger partial charge in [0.15, 0.2) is 5.96 Å². The van der Waals surface area contributed by atoms with Crippen molar-refractivity contribution in [3.63, 3.8) is 0 Å². The van der Waals surface area contributed by atoms with Crippen LogP contribution < -0.4 is 10.6 Å². The lowest BCUT2D eigenvalue weighted by Gasteiger charge is -2.15. The van der Waals surface area contributed by atoms with E-state index in [1.54, 1.807) is 7.05 Å². The van der Waals surface area contributed by atoms with Gasteiger partial charge in [0, 0.05) is 31.8 Å². The van der Waals surface area contributed by atoms with Gasteiger partial charge in [-0.3, -0.25) is 4.99 Å². The van der Waals surface area contributed by atoms with Crippen LogP contribution in [0.3, 0.4) is 0 Å². The zero-order valence-electron chi connectivity index (χ0n) is 11.6. The van der Waals surface area contributed by atoms with Crippen LogP contribution in [0.4, 0.5) is 0 Å². The summed E-state index contributed by atoms with van der Waals surface area (Å²) >= 11 is 5.95. The second kappa shape index (κ2) is 9.41. The molecule has 1 fully saturated rings. The molecule has 2 rings (SSSR count). The molecule has 20 heavy (non-hydrogen) atoms. The summed E-state index contributed by atoms with van der Waals surface area (Å²) in [7, 11) is 1.77. The molecule has 1 aromatic carbocycles. The normalized spacial score (nSPS) is 18.5. The van der Waals surface area contributed by atoms with Gasteiger partial charge in [-0.05, 0) is 30.5 Å². The molecule has 1 aliphatic rings. The molecule has 112 valence electrons. The third kappa shape index (κ3) is 5.85. The fourth-order valence-corrected chi connectivity index (χ4v) is 2.28. The average Bonchev–Trinajstić information content (AvgIpc) is 2.92. The first-order chi connectivity index (χ1) is 9.28. The van der Waals surface area contributed by atoms with Crippen LogP contribution in [-0.2, 0) is 11.3 Å². The van der Waals surface area contributed by atoms with Crippen LogP contribution in [0.5, 0.6) is 0 Å². The van der Waals surface area contributed by atoms with Crippen molar-refractivity contribution in [3.8, 4) is 0 Å². The fraction of sp³-hybridized carbons (Fsp3) is 0.500. The number of rotatable bonds is 4. The van der Waals surface area contributed by atoms with Gasteiger partial charge in [0.2, 0.25) is 0 Å². The third-order valence-corrected chi connectivity index (χ3v) is 3.33. The van der Waals surface area contributed by atoms with E-state index in [9.17, 15) is 0 Å². The Hall–Kier alpha value is -0.530. The van der Waals surface area contributed by atoms with Gasteiger partial charge in [-0.2, -0.15) is 0 Å². The molecule has 0 saturated carbocycles. The lowest BCUT2D eigenvalue weighted by molar-refractivity contribution is 0.114. The van der Waals surface area contributed by atoms with Gasteiger partial charge in [0.1, 0.15) is 0 Å². The molecule has 1 atom stereocenters. The number of hydrogen-bond donors (Lipinski definition) is 2. The second-order valence-electron chi connectivity index (χ2n) is 4.57. The molecule has 1 heterocycles. The Labute approximate surface area is 142 Å². The molecule has 0 aliphatic carbocycles. The van der Waals surface area contributed by atoms with E-state index in [2.05, 4.69) is 15.6 Å². The topological polar surface area (TPSA) is 45.7 Å². The molecule has 1 unspecified atom stereocenters. The van der Waals surface area contributed by atoms with Crippen molar-refractivity contribution in [2.45, 2.75) is 25.5 Å². The number of benzene rings is 1. The highest BCUT2D eigenvalue weighted by Crippen LogP contribution is 2.11. The number of halogens is 2. The van der Waals surface area contributed by atoms with Crippen LogP contribution in [-0.4, -0.2) is 32.3 Å². The monoisotopic (exact) mass is 409 g/mol. The zero-order chi connectivity index (χ0) is 13.5. The van der Waals surface area contributed by atoms with Crippen LogP contribution in [0.15, 0.2) is 29.3 Å². The molecule has 2 N–H and O–H groups in total. The number of nitrogens with zero attached hydrogens (tertiary/aromatic N) is 1. The van der Waals surface area contributed by atoms with E-state index in [4.69, 9.17) is 16.3 Å². The summed E-state index contributed by atoms with van der Waals surface area (Å²) in [6.07, 6.45) is 2.59. The fourth-order valence-electron chi connectivity index (χ4n) is 2.07.